The molecule has 1 heterocycles. The van der Waals surface area contributed by atoms with Crippen molar-refractivity contribution in [3.05, 3.63) is 28.2 Å². The van der Waals surface area contributed by atoms with E-state index in [9.17, 15) is 8.42 Å². The summed E-state index contributed by atoms with van der Waals surface area (Å²) in [6.45, 7) is 6.05. The second-order valence-electron chi connectivity index (χ2n) is 5.56. The molecule has 1 aromatic carbocycles. The first-order valence-corrected chi connectivity index (χ1v) is 9.16. The van der Waals surface area contributed by atoms with Crippen molar-refractivity contribution in [2.75, 3.05) is 0 Å². The quantitative estimate of drug-likeness (QED) is 0.900. The number of hydrazine groups is 1. The van der Waals surface area contributed by atoms with Gasteiger partial charge in [-0.05, 0) is 67.2 Å². The van der Waals surface area contributed by atoms with Crippen molar-refractivity contribution in [1.82, 2.24) is 9.84 Å². The summed E-state index contributed by atoms with van der Waals surface area (Å²) in [5.74, 6) is 0. The lowest BCUT2D eigenvalue weighted by atomic mass is 10.0. The van der Waals surface area contributed by atoms with Crippen molar-refractivity contribution in [2.45, 2.75) is 57.0 Å². The van der Waals surface area contributed by atoms with Crippen molar-refractivity contribution in [2.24, 2.45) is 0 Å². The third-order valence-corrected chi connectivity index (χ3v) is 6.10. The van der Waals surface area contributed by atoms with Gasteiger partial charge in [0.25, 0.3) is 10.0 Å². The van der Waals surface area contributed by atoms with Crippen molar-refractivity contribution in [3.8, 4) is 0 Å². The Balaban J connectivity index is 2.26. The highest BCUT2D eigenvalue weighted by Gasteiger charge is 2.29. The predicted molar refractivity (Wildman–Crippen MR) is 83.8 cm³/mol. The zero-order valence-electron chi connectivity index (χ0n) is 12.1. The summed E-state index contributed by atoms with van der Waals surface area (Å²) >= 11 is 3.34. The fourth-order valence-corrected chi connectivity index (χ4v) is 5.04. The summed E-state index contributed by atoms with van der Waals surface area (Å²) in [6, 6.07) is 5.71. The van der Waals surface area contributed by atoms with Gasteiger partial charge in [-0.25, -0.2) is 13.4 Å². The van der Waals surface area contributed by atoms with Gasteiger partial charge in [0.05, 0.1) is 4.90 Å². The lowest BCUT2D eigenvalue weighted by Gasteiger charge is -2.38. The second kappa shape index (κ2) is 6.13. The summed E-state index contributed by atoms with van der Waals surface area (Å²) in [5, 5.41) is 1.87. The van der Waals surface area contributed by atoms with Crippen LogP contribution in [0.3, 0.4) is 0 Å². The normalized spacial score (nSPS) is 24.8. The topological polar surface area (TPSA) is 49.4 Å². The number of hydrogen-bond donors (Lipinski definition) is 1. The van der Waals surface area contributed by atoms with Gasteiger partial charge in [-0.3, -0.25) is 0 Å². The molecule has 6 heteroatoms. The zero-order chi connectivity index (χ0) is 14.9. The molecule has 1 aliphatic rings. The van der Waals surface area contributed by atoms with E-state index in [1.165, 1.54) is 0 Å². The Morgan fingerprint density at radius 2 is 1.85 bits per heavy atom. The number of aryl methyl sites for hydroxylation is 1. The molecule has 0 bridgehead atoms. The van der Waals surface area contributed by atoms with Gasteiger partial charge in [-0.2, -0.15) is 0 Å². The maximum atomic E-state index is 12.5. The van der Waals surface area contributed by atoms with Gasteiger partial charge in [0, 0.05) is 16.6 Å². The number of nitrogens with one attached hydrogen (secondary N) is 1. The summed E-state index contributed by atoms with van der Waals surface area (Å²) in [6.07, 6.45) is 3.18. The second-order valence-corrected chi connectivity index (χ2v) is 8.05. The van der Waals surface area contributed by atoms with Crippen molar-refractivity contribution >= 4 is 26.0 Å². The molecule has 4 nitrogen and oxygen atoms in total. The van der Waals surface area contributed by atoms with E-state index in [0.29, 0.717) is 4.47 Å². The average Bonchev–Trinajstić information content (AvgIpc) is 2.33. The average molecular weight is 361 g/mol. The molecule has 1 N–H and O–H groups in total. The van der Waals surface area contributed by atoms with Crippen LogP contribution in [0.25, 0.3) is 0 Å². The Hall–Kier alpha value is -0.430. The first-order chi connectivity index (χ1) is 9.31. The standard InChI is InChI=1S/C14H21BrN2O2S/c1-10-7-8-14(13(15)9-10)20(18,19)16-17-11(2)5-4-6-12(17)3/h7-9,11-12,16H,4-6H2,1-3H3. The van der Waals surface area contributed by atoms with Crippen LogP contribution in [0.15, 0.2) is 27.6 Å². The van der Waals surface area contributed by atoms with Crippen LogP contribution in [0.1, 0.15) is 38.7 Å². The van der Waals surface area contributed by atoms with Gasteiger partial charge < -0.3 is 0 Å². The van der Waals surface area contributed by atoms with Crippen LogP contribution in [0.5, 0.6) is 0 Å². The Kier molecular flexibility index (Phi) is 4.89. The molecule has 112 valence electrons. The van der Waals surface area contributed by atoms with Crippen LogP contribution in [-0.2, 0) is 10.0 Å². The van der Waals surface area contributed by atoms with Crippen LogP contribution in [0.4, 0.5) is 0 Å². The maximum Gasteiger partial charge on any atom is 0.254 e. The molecule has 2 unspecified atom stereocenters. The maximum absolute atomic E-state index is 12.5. The van der Waals surface area contributed by atoms with Crippen molar-refractivity contribution < 1.29 is 8.42 Å². The van der Waals surface area contributed by atoms with Crippen LogP contribution < -0.4 is 4.83 Å². The Morgan fingerprint density at radius 1 is 1.25 bits per heavy atom. The predicted octanol–water partition coefficient (Wildman–Crippen LogP) is 3.21. The highest BCUT2D eigenvalue weighted by molar-refractivity contribution is 9.10. The van der Waals surface area contributed by atoms with Gasteiger partial charge in [0.2, 0.25) is 0 Å². The van der Waals surface area contributed by atoms with Gasteiger partial charge >= 0.3 is 0 Å². The van der Waals surface area contributed by atoms with Crippen LogP contribution in [-0.4, -0.2) is 25.5 Å². The summed E-state index contributed by atoms with van der Waals surface area (Å²) in [4.78, 5) is 3.03. The number of nitrogens with zero attached hydrogens (tertiary/aromatic N) is 1. The minimum atomic E-state index is -3.54. The molecule has 0 spiro atoms. The Morgan fingerprint density at radius 3 is 2.40 bits per heavy atom. The van der Waals surface area contributed by atoms with E-state index in [1.54, 1.807) is 6.07 Å². The zero-order valence-corrected chi connectivity index (χ0v) is 14.5. The lowest BCUT2D eigenvalue weighted by Crippen LogP contribution is -2.53. The third-order valence-electron chi connectivity index (χ3n) is 3.80. The minimum absolute atomic E-state index is 0.220. The molecule has 1 aliphatic heterocycles. The molecule has 1 saturated heterocycles. The molecule has 1 fully saturated rings. The molecule has 2 rings (SSSR count). The fourth-order valence-electron chi connectivity index (χ4n) is 2.61. The molecular formula is C14H21BrN2O2S. The smallest absolute Gasteiger partial charge is 0.225 e. The first-order valence-electron chi connectivity index (χ1n) is 6.88. The third kappa shape index (κ3) is 3.42. The number of benzene rings is 1. The SMILES string of the molecule is Cc1ccc(S(=O)(=O)NN2C(C)CCCC2C)c(Br)c1. The largest absolute Gasteiger partial charge is 0.254 e. The van der Waals surface area contributed by atoms with E-state index in [2.05, 4.69) is 34.6 Å². The molecule has 0 saturated carbocycles. The van der Waals surface area contributed by atoms with Crippen molar-refractivity contribution in [1.29, 1.82) is 0 Å². The number of sulfonamides is 1. The van der Waals surface area contributed by atoms with Crippen LogP contribution in [0, 0.1) is 6.92 Å². The molecule has 20 heavy (non-hydrogen) atoms. The van der Waals surface area contributed by atoms with Crippen LogP contribution >= 0.6 is 15.9 Å². The number of piperidine rings is 1. The molecule has 0 aromatic heterocycles. The van der Waals surface area contributed by atoms with E-state index >= 15 is 0 Å². The number of halogens is 1. The van der Waals surface area contributed by atoms with Crippen LogP contribution in [0.2, 0.25) is 0 Å². The fraction of sp³-hybridized carbons (Fsp3) is 0.571. The molecule has 0 radical (unpaired) electrons. The molecule has 2 atom stereocenters. The van der Waals surface area contributed by atoms with E-state index < -0.39 is 10.0 Å². The number of hydrogen-bond acceptors (Lipinski definition) is 3. The molecule has 0 aliphatic carbocycles. The summed E-state index contributed by atoms with van der Waals surface area (Å²) in [5.41, 5.74) is 1.02. The van der Waals surface area contributed by atoms with Gasteiger partial charge in [0.1, 0.15) is 0 Å². The highest BCUT2D eigenvalue weighted by Crippen LogP contribution is 2.26. The molecule has 1 aromatic rings. The van der Waals surface area contributed by atoms with E-state index in [4.69, 9.17) is 0 Å². The summed E-state index contributed by atoms with van der Waals surface area (Å²) < 4.78 is 25.7. The summed E-state index contributed by atoms with van der Waals surface area (Å²) in [7, 11) is -3.54. The highest BCUT2D eigenvalue weighted by atomic mass is 79.9. The molecule has 0 amide bonds. The van der Waals surface area contributed by atoms with Crippen molar-refractivity contribution in [3.63, 3.8) is 0 Å². The Bertz CT molecular complexity index is 579. The van der Waals surface area contributed by atoms with Gasteiger partial charge in [-0.15, -0.1) is 4.83 Å². The van der Waals surface area contributed by atoms with Gasteiger partial charge in [0.15, 0.2) is 0 Å². The van der Waals surface area contributed by atoms with Gasteiger partial charge in [-0.1, -0.05) is 12.5 Å². The Labute approximate surface area is 129 Å². The van der Waals surface area contributed by atoms with E-state index in [0.717, 1.165) is 24.8 Å². The van der Waals surface area contributed by atoms with E-state index in [-0.39, 0.29) is 17.0 Å². The monoisotopic (exact) mass is 360 g/mol. The molecular weight excluding hydrogens is 340 g/mol. The minimum Gasteiger partial charge on any atom is -0.225 e. The number of rotatable bonds is 3. The first kappa shape index (κ1) is 15.9. The van der Waals surface area contributed by atoms with E-state index in [1.807, 2.05) is 24.1 Å². The lowest BCUT2D eigenvalue weighted by molar-refractivity contribution is 0.0790.